The van der Waals surface area contributed by atoms with Gasteiger partial charge in [0.05, 0.1) is 80.2 Å². The molecule has 5 aliphatic carbocycles. The van der Waals surface area contributed by atoms with E-state index in [0.717, 1.165) is 44.9 Å². The summed E-state index contributed by atoms with van der Waals surface area (Å²) in [5.41, 5.74) is -10.8. The molecule has 26 N–H and O–H groups in total. The predicted octanol–water partition coefficient (Wildman–Crippen LogP) is -0.973. The van der Waals surface area contributed by atoms with Crippen LogP contribution in [0.2, 0.25) is 0 Å². The molecule has 0 spiro atoms. The second-order valence-electron chi connectivity index (χ2n) is 35.1. The molecular weight excluding hydrogens is 1600 g/mol. The molecular formula is C83H145N3O35. The van der Waals surface area contributed by atoms with E-state index in [1.54, 1.807) is 27.7 Å². The molecule has 702 valence electrons. The molecule has 0 saturated heterocycles. The van der Waals surface area contributed by atoms with Gasteiger partial charge in [0.15, 0.2) is 28.0 Å². The summed E-state index contributed by atoms with van der Waals surface area (Å²) in [5, 5.41) is 235. The molecule has 0 aliphatic heterocycles. The summed E-state index contributed by atoms with van der Waals surface area (Å²) in [6.07, 6.45) is -11.0. The molecule has 0 aromatic heterocycles. The molecule has 0 heterocycles. The Balaban J connectivity index is 0.000000757. The highest BCUT2D eigenvalue weighted by molar-refractivity contribution is 5.85. The molecule has 0 radical (unpaired) electrons. The minimum absolute atomic E-state index is 0.0266. The van der Waals surface area contributed by atoms with Crippen LogP contribution in [0, 0.1) is 76.9 Å². The van der Waals surface area contributed by atoms with E-state index in [4.69, 9.17) is 15.3 Å². The molecule has 0 aromatic rings. The summed E-state index contributed by atoms with van der Waals surface area (Å²) in [5.74, 6) is -15.9. The molecule has 0 bridgehead atoms. The summed E-state index contributed by atoms with van der Waals surface area (Å²) in [7, 11) is 0. The fourth-order valence-corrected chi connectivity index (χ4v) is 17.4. The van der Waals surface area contributed by atoms with Crippen molar-refractivity contribution in [1.82, 2.24) is 16.0 Å². The lowest BCUT2D eigenvalue weighted by Crippen LogP contribution is -2.59. The maximum Gasteiger partial charge on any atom is 0.335 e. The summed E-state index contributed by atoms with van der Waals surface area (Å²) in [6.45, 7) is 21.2. The van der Waals surface area contributed by atoms with Crippen LogP contribution in [0.3, 0.4) is 0 Å². The highest BCUT2D eigenvalue weighted by Gasteiger charge is 2.57. The standard InChI is InChI=1S/C17H31NO7.2C17H30O8.2C16H27NO6/c1-4-5-9(2)15(22)18-8-13(20)14(21)11-6-17(25,16(23)24)7-12(19)10(11)3;2*1-3-4-9(2)12(19)5-10-11(15(22)14(21)8-18)6-17(25,16(23)24)7-13(10)20;2*1-4-5-9(2)12(19)6-11-7-16(23,15(21)22)8-13(20)14(11)17-10(3)18/h9-14,19-21,25H,4-8H2,1-3H3,(H,18,22)(H,23,24);2*9-11,13-15,18,20-22,25H,3-8H2,1-2H3,(H,23,24);2*9,11,13-14,20,23H,4-8H2,1-3H3,(H,17,18)(H,21,22). The van der Waals surface area contributed by atoms with Crippen molar-refractivity contribution in [2.24, 2.45) is 76.9 Å². The molecule has 0 aromatic carbocycles. The Bertz CT molecular complexity index is 3150. The minimum atomic E-state index is -2.26. The number of aliphatic hydroxyl groups excluding tert-OH is 13. The SMILES string of the molecule is CCCC(C)C(=O)CC1C(O)CC(O)(C(=O)O)CC1C(O)C(O)CO.CCCC(C)C(=O)CC1C(O)CC(O)(C(=O)O)CC1C(O)C(O)CO.CCCC(C)C(=O)CC1CC(O)(C(=O)O)CC(O)C1NC(C)=O.CCCC(C)C(=O)CC1CC(O)(C(=O)O)CC(O)C1NC(C)=O.CCCC(C)C(=O)NCC(O)C(O)C1CC(O)(C(=O)O)CC(O)C1C. The van der Waals surface area contributed by atoms with Gasteiger partial charge in [-0.1, -0.05) is 108 Å². The molecule has 5 fully saturated rings. The van der Waals surface area contributed by atoms with Crippen LogP contribution in [0.5, 0.6) is 0 Å². The molecule has 38 heteroatoms. The molecule has 31 atom stereocenters. The zero-order chi connectivity index (χ0) is 93.7. The first-order valence-electron chi connectivity index (χ1n) is 42.3. The van der Waals surface area contributed by atoms with Crippen LogP contribution in [0.1, 0.15) is 244 Å². The number of nitrogens with one attached hydrogen (secondary N) is 3. The Morgan fingerprint density at radius 2 is 0.595 bits per heavy atom. The van der Waals surface area contributed by atoms with Crippen LogP contribution in [0.15, 0.2) is 0 Å². The lowest BCUT2D eigenvalue weighted by molar-refractivity contribution is -0.183. The molecule has 5 rings (SSSR count). The number of hydrogen-bond acceptors (Lipinski definition) is 30. The number of aliphatic carboxylic acids is 5. The number of rotatable bonds is 40. The van der Waals surface area contributed by atoms with Crippen molar-refractivity contribution in [1.29, 1.82) is 0 Å². The van der Waals surface area contributed by atoms with Crippen molar-refractivity contribution in [3.8, 4) is 0 Å². The summed E-state index contributed by atoms with van der Waals surface area (Å²) in [4.78, 5) is 140. The smallest absolute Gasteiger partial charge is 0.335 e. The van der Waals surface area contributed by atoms with Gasteiger partial charge in [0.2, 0.25) is 17.7 Å². The van der Waals surface area contributed by atoms with Crippen molar-refractivity contribution in [2.75, 3.05) is 19.8 Å². The van der Waals surface area contributed by atoms with Crippen molar-refractivity contribution in [3.05, 3.63) is 0 Å². The van der Waals surface area contributed by atoms with Crippen LogP contribution >= 0.6 is 0 Å². The van der Waals surface area contributed by atoms with Crippen LogP contribution in [-0.4, -0.2) is 315 Å². The third kappa shape index (κ3) is 33.5. The molecule has 121 heavy (non-hydrogen) atoms. The summed E-state index contributed by atoms with van der Waals surface area (Å²) in [6, 6.07) is -1.46. The lowest BCUT2D eigenvalue weighted by atomic mass is 9.65. The van der Waals surface area contributed by atoms with Crippen molar-refractivity contribution in [2.45, 2.75) is 351 Å². The van der Waals surface area contributed by atoms with Crippen molar-refractivity contribution >= 4 is 70.7 Å². The third-order valence-corrected chi connectivity index (χ3v) is 25.0. The Labute approximate surface area is 707 Å². The maximum absolute atomic E-state index is 12.4. The topological polar surface area (TPSA) is 706 Å². The summed E-state index contributed by atoms with van der Waals surface area (Å²) >= 11 is 0. The number of carboxylic acid groups (broad SMARTS) is 5. The number of hydrogen-bond donors (Lipinski definition) is 26. The quantitative estimate of drug-likeness (QED) is 0.0351. The van der Waals surface area contributed by atoms with Gasteiger partial charge >= 0.3 is 29.8 Å². The maximum atomic E-state index is 12.4. The van der Waals surface area contributed by atoms with Crippen LogP contribution in [0.25, 0.3) is 0 Å². The van der Waals surface area contributed by atoms with Crippen LogP contribution < -0.4 is 16.0 Å². The second kappa shape index (κ2) is 51.4. The van der Waals surface area contributed by atoms with Crippen LogP contribution in [-0.2, 0) is 57.5 Å². The van der Waals surface area contributed by atoms with Gasteiger partial charge in [-0.2, -0.15) is 0 Å². The van der Waals surface area contributed by atoms with E-state index in [2.05, 4.69) is 16.0 Å². The highest BCUT2D eigenvalue weighted by Crippen LogP contribution is 2.46. The van der Waals surface area contributed by atoms with Gasteiger partial charge < -0.3 is 133 Å². The molecule has 3 amide bonds. The van der Waals surface area contributed by atoms with E-state index in [-0.39, 0.29) is 141 Å². The number of carbonyl (C=O) groups is 12. The number of aliphatic hydroxyl groups is 18. The molecule has 5 aliphatic rings. The number of carboxylic acids is 5. The Morgan fingerprint density at radius 1 is 0.347 bits per heavy atom. The largest absolute Gasteiger partial charge is 0.479 e. The van der Waals surface area contributed by atoms with E-state index in [0.29, 0.717) is 19.3 Å². The average molecular weight is 1750 g/mol. The first-order chi connectivity index (χ1) is 55.9. The minimum Gasteiger partial charge on any atom is -0.479 e. The van der Waals surface area contributed by atoms with E-state index in [1.165, 1.54) is 13.8 Å². The summed E-state index contributed by atoms with van der Waals surface area (Å²) < 4.78 is 0. The van der Waals surface area contributed by atoms with Gasteiger partial charge in [0.25, 0.3) is 0 Å². The first-order valence-corrected chi connectivity index (χ1v) is 42.3. The normalized spacial score (nSPS) is 32.9. The first kappa shape index (κ1) is 113. The molecule has 38 nitrogen and oxygen atoms in total. The van der Waals surface area contributed by atoms with Gasteiger partial charge in [0.1, 0.15) is 35.3 Å². The number of amides is 3. The van der Waals surface area contributed by atoms with E-state index in [1.807, 2.05) is 48.5 Å². The van der Waals surface area contributed by atoms with E-state index < -0.39 is 223 Å². The zero-order valence-corrected chi connectivity index (χ0v) is 72.3. The van der Waals surface area contributed by atoms with Gasteiger partial charge in [-0.3, -0.25) is 33.6 Å². The zero-order valence-electron chi connectivity index (χ0n) is 72.3. The number of Topliss-reactive ketones (excluding diaryl/α,β-unsaturated/α-hetero) is 4. The monoisotopic (exact) mass is 1740 g/mol. The molecule has 31 unspecified atom stereocenters. The Hall–Kier alpha value is -6.28. The Kier molecular flexibility index (Phi) is 47.9. The fourth-order valence-electron chi connectivity index (χ4n) is 17.4. The Morgan fingerprint density at radius 3 is 0.868 bits per heavy atom. The van der Waals surface area contributed by atoms with Gasteiger partial charge in [-0.05, 0) is 112 Å². The van der Waals surface area contributed by atoms with E-state index in [9.17, 15) is 160 Å². The molecule has 5 saturated carbocycles. The fraction of sp³-hybridized carbons (Fsp3) is 0.855. The predicted molar refractivity (Wildman–Crippen MR) is 430 cm³/mol. The van der Waals surface area contributed by atoms with E-state index >= 15 is 0 Å². The van der Waals surface area contributed by atoms with Crippen molar-refractivity contribution in [3.63, 3.8) is 0 Å². The van der Waals surface area contributed by atoms with Crippen LogP contribution in [0.4, 0.5) is 0 Å². The average Bonchev–Trinajstić information content (AvgIpc) is 0.798. The second-order valence-corrected chi connectivity index (χ2v) is 35.1. The van der Waals surface area contributed by atoms with Gasteiger partial charge in [-0.15, -0.1) is 0 Å². The van der Waals surface area contributed by atoms with Gasteiger partial charge in [0, 0.05) is 108 Å². The van der Waals surface area contributed by atoms with Gasteiger partial charge in [-0.25, -0.2) is 24.0 Å². The highest BCUT2D eigenvalue weighted by atomic mass is 16.4. The number of ketones is 4. The number of carbonyl (C=O) groups excluding carboxylic acids is 7. The third-order valence-electron chi connectivity index (χ3n) is 25.0. The van der Waals surface area contributed by atoms with Crippen molar-refractivity contribution < 1.29 is 175 Å². The lowest BCUT2D eigenvalue weighted by Gasteiger charge is -2.44.